The first-order valence-corrected chi connectivity index (χ1v) is 11.6. The Morgan fingerprint density at radius 2 is 2.12 bits per heavy atom. The van der Waals surface area contributed by atoms with Crippen LogP contribution in [0.2, 0.25) is 0 Å². The Morgan fingerprint density at radius 3 is 2.78 bits per heavy atom. The molecular weight excluding hydrogens is 441 g/mol. The predicted octanol–water partition coefficient (Wildman–Crippen LogP) is 0.681. The third-order valence-electron chi connectivity index (χ3n) is 5.05. The Morgan fingerprint density at radius 1 is 1.41 bits per heavy atom. The van der Waals surface area contributed by atoms with Gasteiger partial charge in [-0.1, -0.05) is 6.92 Å². The lowest BCUT2D eigenvalue weighted by Gasteiger charge is -2.18. The monoisotopic (exact) mass is 471 g/mol. The molecule has 0 bridgehead atoms. The molecule has 178 valence electrons. The number of aliphatic hydroxyl groups is 1. The zero-order chi connectivity index (χ0) is 23.6. The van der Waals surface area contributed by atoms with Gasteiger partial charge in [-0.25, -0.2) is 10.1 Å². The summed E-state index contributed by atoms with van der Waals surface area (Å²) in [6.45, 7) is 6.67. The molecule has 6 atom stereocenters. The highest BCUT2D eigenvalue weighted by atomic mass is 31.1. The van der Waals surface area contributed by atoms with Crippen LogP contribution in [0.15, 0.2) is 6.33 Å². The number of rotatable bonds is 9. The van der Waals surface area contributed by atoms with Gasteiger partial charge in [-0.05, 0) is 20.8 Å². The van der Waals surface area contributed by atoms with Crippen molar-refractivity contribution in [2.45, 2.75) is 58.3 Å². The first-order chi connectivity index (χ1) is 15.1. The fraction of sp³-hybridized carbons (Fsp3) is 0.667. The number of anilines is 2. The van der Waals surface area contributed by atoms with Crippen LogP contribution in [0.5, 0.6) is 0 Å². The molecule has 0 radical (unpaired) electrons. The molecule has 2 aromatic heterocycles. The van der Waals surface area contributed by atoms with Gasteiger partial charge in [-0.2, -0.15) is 9.97 Å². The molecule has 0 saturated carbocycles. The summed E-state index contributed by atoms with van der Waals surface area (Å²) in [6, 6.07) is -0.797. The number of carbonyl (C=O) groups is 1. The second-order valence-electron chi connectivity index (χ2n) is 7.87. The largest absolute Gasteiger partial charge is 0.462 e. The number of nitrogens with zero attached hydrogens (tertiary/aromatic N) is 4. The molecule has 13 nitrogen and oxygen atoms in total. The minimum absolute atomic E-state index is 0.0736. The summed E-state index contributed by atoms with van der Waals surface area (Å²) in [5.74, 6) is -0.316. The number of nitrogen functional groups attached to an aromatic ring is 1. The van der Waals surface area contributed by atoms with Crippen molar-refractivity contribution in [2.24, 2.45) is 5.92 Å². The van der Waals surface area contributed by atoms with Crippen LogP contribution < -0.4 is 16.1 Å². The van der Waals surface area contributed by atoms with E-state index >= 15 is 0 Å². The van der Waals surface area contributed by atoms with Crippen LogP contribution in [-0.4, -0.2) is 68.6 Å². The molecule has 1 aliphatic heterocycles. The van der Waals surface area contributed by atoms with Gasteiger partial charge in [0.1, 0.15) is 18.4 Å². The van der Waals surface area contributed by atoms with Crippen molar-refractivity contribution in [2.75, 3.05) is 24.7 Å². The normalized spacial score (nSPS) is 25.2. The number of nitrogens with one attached hydrogen (secondary N) is 2. The minimum atomic E-state index is -2.77. The quantitative estimate of drug-likeness (QED) is 0.298. The topological polar surface area (TPSA) is 176 Å². The van der Waals surface area contributed by atoms with Crippen molar-refractivity contribution in [1.82, 2.24) is 24.6 Å². The van der Waals surface area contributed by atoms with E-state index in [4.69, 9.17) is 19.7 Å². The molecule has 5 N–H and O–H groups in total. The lowest BCUT2D eigenvalue weighted by molar-refractivity contribution is -0.149. The number of ether oxygens (including phenoxy) is 2. The number of aromatic nitrogens is 4. The Hall–Kier alpha value is -2.31. The molecule has 1 saturated heterocycles. The molecule has 1 unspecified atom stereocenters. The highest BCUT2D eigenvalue weighted by Crippen LogP contribution is 2.37. The molecule has 14 heteroatoms. The number of carbonyl (C=O) groups excluding carboxylic acids is 1. The fourth-order valence-electron chi connectivity index (χ4n) is 3.41. The maximum Gasteiger partial charge on any atom is 0.323 e. The van der Waals surface area contributed by atoms with Gasteiger partial charge in [0.2, 0.25) is 5.95 Å². The first-order valence-electron chi connectivity index (χ1n) is 10.3. The van der Waals surface area contributed by atoms with Crippen molar-refractivity contribution in [3.63, 3.8) is 0 Å². The van der Waals surface area contributed by atoms with Gasteiger partial charge in [0.25, 0.3) is 8.18 Å². The molecule has 0 aliphatic carbocycles. The molecule has 0 aromatic carbocycles. The Labute approximate surface area is 186 Å². The average Bonchev–Trinajstić information content (AvgIpc) is 3.26. The number of imidazole rings is 1. The van der Waals surface area contributed by atoms with E-state index in [2.05, 4.69) is 25.4 Å². The van der Waals surface area contributed by atoms with Crippen molar-refractivity contribution >= 4 is 37.1 Å². The zero-order valence-electron chi connectivity index (χ0n) is 18.6. The van der Waals surface area contributed by atoms with Crippen molar-refractivity contribution < 1.29 is 28.5 Å². The maximum absolute atomic E-state index is 12.2. The number of fused-ring (bicyclic) bond motifs is 1. The second kappa shape index (κ2) is 10.1. The van der Waals surface area contributed by atoms with Crippen LogP contribution in [-0.2, 0) is 23.4 Å². The van der Waals surface area contributed by atoms with Crippen molar-refractivity contribution in [3.8, 4) is 0 Å². The number of nitrogens with two attached hydrogens (primary N) is 1. The van der Waals surface area contributed by atoms with Crippen LogP contribution in [0.4, 0.5) is 11.8 Å². The van der Waals surface area contributed by atoms with E-state index in [1.165, 1.54) is 6.92 Å². The molecule has 1 aliphatic rings. The van der Waals surface area contributed by atoms with Crippen LogP contribution >= 0.6 is 8.18 Å². The summed E-state index contributed by atoms with van der Waals surface area (Å²) in [5.41, 5.74) is 6.78. The summed E-state index contributed by atoms with van der Waals surface area (Å²) in [7, 11) is -1.07. The molecule has 0 spiro atoms. The number of hydrogen-bond donors (Lipinski definition) is 4. The second-order valence-corrected chi connectivity index (χ2v) is 9.02. The summed E-state index contributed by atoms with van der Waals surface area (Å²) in [6.07, 6.45) is -0.969. The van der Waals surface area contributed by atoms with E-state index in [1.807, 2.05) is 6.92 Å². The van der Waals surface area contributed by atoms with Gasteiger partial charge in [0, 0.05) is 13.0 Å². The van der Waals surface area contributed by atoms with Gasteiger partial charge in [-0.15, -0.1) is 0 Å². The van der Waals surface area contributed by atoms with Gasteiger partial charge in [0.15, 0.2) is 17.0 Å². The molecule has 32 heavy (non-hydrogen) atoms. The van der Waals surface area contributed by atoms with Gasteiger partial charge in [-0.3, -0.25) is 13.9 Å². The van der Waals surface area contributed by atoms with Crippen LogP contribution in [0.1, 0.15) is 33.9 Å². The van der Waals surface area contributed by atoms with E-state index < -0.39 is 38.6 Å². The summed E-state index contributed by atoms with van der Waals surface area (Å²) in [4.78, 5) is 24.5. The fourth-order valence-corrected chi connectivity index (χ4v) is 4.28. The molecule has 0 amide bonds. The molecule has 2 aromatic rings. The first kappa shape index (κ1) is 24.3. The number of aliphatic hydroxyl groups excluding tert-OH is 1. The van der Waals surface area contributed by atoms with Gasteiger partial charge in [0.05, 0.1) is 25.1 Å². The molecule has 3 heterocycles. The smallest absolute Gasteiger partial charge is 0.323 e. The lowest BCUT2D eigenvalue weighted by Crippen LogP contribution is -2.33. The highest BCUT2D eigenvalue weighted by Gasteiger charge is 2.43. The lowest BCUT2D eigenvalue weighted by atomic mass is 10.0. The number of hydrogen-bond acceptors (Lipinski definition) is 11. The van der Waals surface area contributed by atoms with Crippen molar-refractivity contribution in [1.29, 1.82) is 0 Å². The van der Waals surface area contributed by atoms with Crippen LogP contribution in [0.3, 0.4) is 0 Å². The third-order valence-corrected chi connectivity index (χ3v) is 6.15. The number of esters is 1. The molecule has 1 fully saturated rings. The Kier molecular flexibility index (Phi) is 7.67. The van der Waals surface area contributed by atoms with Crippen molar-refractivity contribution in [3.05, 3.63) is 6.33 Å². The summed E-state index contributed by atoms with van der Waals surface area (Å²) < 4.78 is 30.3. The zero-order valence-corrected chi connectivity index (χ0v) is 19.6. The Balaban J connectivity index is 1.65. The molecular formula is C18H30N7O6P. The van der Waals surface area contributed by atoms with Gasteiger partial charge < -0.3 is 30.2 Å². The average molecular weight is 471 g/mol. The summed E-state index contributed by atoms with van der Waals surface area (Å²) >= 11 is 0. The van der Waals surface area contributed by atoms with E-state index in [0.717, 1.165) is 0 Å². The van der Waals surface area contributed by atoms with E-state index in [-0.39, 0.29) is 24.6 Å². The standard InChI is InChI=1S/C18H30N7O6P/c1-8(2)30-17(27)10(4)24-32(28)29-6-11-13(26)9(3)16(31-11)25-7-21-12-14(20-5)22-18(19)23-15(12)25/h7-11,13,16,26,32H,6H2,1-5H3,(H,24,28)(H3,19,20,22,23)/t9-,10-,11+,13-,16+/m0/s1. The minimum Gasteiger partial charge on any atom is -0.462 e. The van der Waals surface area contributed by atoms with Crippen LogP contribution in [0.25, 0.3) is 11.2 Å². The third kappa shape index (κ3) is 5.18. The Bertz CT molecular complexity index is 986. The summed E-state index contributed by atoms with van der Waals surface area (Å²) in [5, 5.41) is 16.1. The van der Waals surface area contributed by atoms with E-state index in [0.29, 0.717) is 17.0 Å². The molecule has 3 rings (SSSR count). The van der Waals surface area contributed by atoms with E-state index in [1.54, 1.807) is 31.8 Å². The predicted molar refractivity (Wildman–Crippen MR) is 117 cm³/mol. The van der Waals surface area contributed by atoms with Crippen LogP contribution in [0, 0.1) is 5.92 Å². The maximum atomic E-state index is 12.2. The van der Waals surface area contributed by atoms with Gasteiger partial charge >= 0.3 is 5.97 Å². The highest BCUT2D eigenvalue weighted by molar-refractivity contribution is 7.36. The van der Waals surface area contributed by atoms with E-state index in [9.17, 15) is 14.5 Å². The SMILES string of the molecule is CNc1nc(N)nc2c1ncn2[C@@H]1O[C@H](CO[PH](=O)N[C@@H](C)C(=O)OC(C)C)[C@@H](O)[C@@H]1C.